The van der Waals surface area contributed by atoms with Crippen molar-refractivity contribution in [3.8, 4) is 0 Å². The molecule has 0 unspecified atom stereocenters. The Morgan fingerprint density at radius 3 is 2.73 bits per heavy atom. The summed E-state index contributed by atoms with van der Waals surface area (Å²) >= 11 is 2.93. The highest BCUT2D eigenvalue weighted by molar-refractivity contribution is 8.01. The number of anilines is 2. The number of hydrogen-bond acceptors (Lipinski definition) is 6. The second-order valence-corrected chi connectivity index (χ2v) is 9.69. The molecule has 26 heavy (non-hydrogen) atoms. The summed E-state index contributed by atoms with van der Waals surface area (Å²) in [5.74, 6) is 0.0473. The van der Waals surface area contributed by atoms with Gasteiger partial charge >= 0.3 is 0 Å². The van der Waals surface area contributed by atoms with Gasteiger partial charge in [-0.05, 0) is 36.8 Å². The van der Waals surface area contributed by atoms with Gasteiger partial charge in [0.2, 0.25) is 15.9 Å². The van der Waals surface area contributed by atoms with Crippen LogP contribution in [0.25, 0.3) is 10.2 Å². The van der Waals surface area contributed by atoms with Crippen molar-refractivity contribution in [1.29, 1.82) is 0 Å². The van der Waals surface area contributed by atoms with Crippen molar-refractivity contribution >= 4 is 60.6 Å². The third kappa shape index (κ3) is 4.96. The second-order valence-electron chi connectivity index (χ2n) is 5.69. The normalized spacial score (nSPS) is 11.5. The van der Waals surface area contributed by atoms with Crippen LogP contribution in [0, 0.1) is 6.92 Å². The molecule has 0 saturated heterocycles. The van der Waals surface area contributed by atoms with E-state index in [1.165, 1.54) is 11.8 Å². The average molecular weight is 408 g/mol. The Labute approximate surface area is 160 Å². The van der Waals surface area contributed by atoms with Crippen LogP contribution < -0.4 is 10.0 Å². The number of hydrogen-bond donors (Lipinski definition) is 2. The lowest BCUT2D eigenvalue weighted by Gasteiger charge is -2.11. The van der Waals surface area contributed by atoms with Crippen LogP contribution in [0.15, 0.2) is 46.8 Å². The maximum absolute atomic E-state index is 12.2. The first-order valence-electron chi connectivity index (χ1n) is 7.67. The molecule has 0 bridgehead atoms. The number of sulfonamides is 1. The standard InChI is InChI=1S/C17H17N3O3S3/c1-11-7-8-12(9-14(11)20-26(2,22)23)18-16(21)10-24-17-19-13-5-3-4-6-15(13)25-17/h3-9,20H,10H2,1-2H3,(H,18,21). The van der Waals surface area contributed by atoms with E-state index in [0.29, 0.717) is 11.4 Å². The molecule has 0 saturated carbocycles. The van der Waals surface area contributed by atoms with Crippen LogP contribution >= 0.6 is 23.1 Å². The van der Waals surface area contributed by atoms with E-state index < -0.39 is 10.0 Å². The molecule has 1 amide bonds. The molecule has 0 atom stereocenters. The number of nitrogens with zero attached hydrogens (tertiary/aromatic N) is 1. The fourth-order valence-corrected chi connectivity index (χ4v) is 4.73. The van der Waals surface area contributed by atoms with Gasteiger partial charge in [0.05, 0.1) is 27.9 Å². The maximum atomic E-state index is 12.2. The molecule has 0 aliphatic heterocycles. The molecule has 0 fully saturated rings. The summed E-state index contributed by atoms with van der Waals surface area (Å²) in [7, 11) is -3.38. The minimum absolute atomic E-state index is 0.177. The van der Waals surface area contributed by atoms with Crippen molar-refractivity contribution < 1.29 is 13.2 Å². The SMILES string of the molecule is Cc1ccc(NC(=O)CSc2nc3ccccc3s2)cc1NS(C)(=O)=O. The number of benzene rings is 2. The molecule has 2 aromatic carbocycles. The Bertz CT molecular complexity index is 1030. The Kier molecular flexibility index (Phi) is 5.49. The van der Waals surface area contributed by atoms with Gasteiger partial charge in [-0.2, -0.15) is 0 Å². The zero-order valence-corrected chi connectivity index (χ0v) is 16.6. The summed E-state index contributed by atoms with van der Waals surface area (Å²) in [5, 5.41) is 2.78. The predicted octanol–water partition coefficient (Wildman–Crippen LogP) is 3.71. The van der Waals surface area contributed by atoms with Gasteiger partial charge in [0.25, 0.3) is 0 Å². The highest BCUT2D eigenvalue weighted by Crippen LogP contribution is 2.29. The molecule has 2 N–H and O–H groups in total. The quantitative estimate of drug-likeness (QED) is 0.608. The molecule has 0 aliphatic rings. The highest BCUT2D eigenvalue weighted by atomic mass is 32.2. The average Bonchev–Trinajstić information content (AvgIpc) is 2.98. The van der Waals surface area contributed by atoms with E-state index in [4.69, 9.17) is 0 Å². The van der Waals surface area contributed by atoms with E-state index in [2.05, 4.69) is 15.0 Å². The zero-order chi connectivity index (χ0) is 18.7. The number of carbonyl (C=O) groups excluding carboxylic acids is 1. The summed E-state index contributed by atoms with van der Waals surface area (Å²) in [5.41, 5.74) is 2.69. The second kappa shape index (κ2) is 7.65. The Morgan fingerprint density at radius 1 is 1.23 bits per heavy atom. The Balaban J connectivity index is 1.63. The first-order valence-corrected chi connectivity index (χ1v) is 11.4. The van der Waals surface area contributed by atoms with Crippen LogP contribution in [-0.4, -0.2) is 31.3 Å². The van der Waals surface area contributed by atoms with E-state index in [1.54, 1.807) is 36.5 Å². The van der Waals surface area contributed by atoms with Crippen molar-refractivity contribution in [2.45, 2.75) is 11.3 Å². The van der Waals surface area contributed by atoms with Gasteiger partial charge in [0.15, 0.2) is 4.34 Å². The number of rotatable bonds is 6. The van der Waals surface area contributed by atoms with Gasteiger partial charge in [-0.15, -0.1) is 11.3 Å². The molecule has 6 nitrogen and oxygen atoms in total. The molecular weight excluding hydrogens is 390 g/mol. The number of carbonyl (C=O) groups is 1. The van der Waals surface area contributed by atoms with Crippen LogP contribution in [0.1, 0.15) is 5.56 Å². The largest absolute Gasteiger partial charge is 0.325 e. The topological polar surface area (TPSA) is 88.2 Å². The predicted molar refractivity (Wildman–Crippen MR) is 109 cm³/mol. The number of thioether (sulfide) groups is 1. The molecule has 1 aromatic heterocycles. The van der Waals surface area contributed by atoms with Crippen molar-refractivity contribution in [2.24, 2.45) is 0 Å². The number of thiazole rings is 1. The van der Waals surface area contributed by atoms with Crippen molar-refractivity contribution in [3.05, 3.63) is 48.0 Å². The van der Waals surface area contributed by atoms with Crippen molar-refractivity contribution in [1.82, 2.24) is 4.98 Å². The molecule has 1 heterocycles. The lowest BCUT2D eigenvalue weighted by Crippen LogP contribution is -2.15. The Hall–Kier alpha value is -2.10. The number of para-hydroxylation sites is 1. The van der Waals surface area contributed by atoms with E-state index in [0.717, 1.165) is 26.4 Å². The molecule has 136 valence electrons. The lowest BCUT2D eigenvalue weighted by molar-refractivity contribution is -0.113. The van der Waals surface area contributed by atoms with Crippen molar-refractivity contribution in [2.75, 3.05) is 22.0 Å². The van der Waals surface area contributed by atoms with Crippen LogP contribution in [0.2, 0.25) is 0 Å². The van der Waals surface area contributed by atoms with E-state index in [1.807, 2.05) is 24.3 Å². The molecule has 3 aromatic rings. The van der Waals surface area contributed by atoms with E-state index in [9.17, 15) is 13.2 Å². The Morgan fingerprint density at radius 2 is 2.00 bits per heavy atom. The number of amides is 1. The van der Waals surface area contributed by atoms with E-state index in [-0.39, 0.29) is 11.7 Å². The lowest BCUT2D eigenvalue weighted by atomic mass is 10.2. The summed E-state index contributed by atoms with van der Waals surface area (Å²) in [6, 6.07) is 12.9. The summed E-state index contributed by atoms with van der Waals surface area (Å²) in [6.07, 6.45) is 1.09. The van der Waals surface area contributed by atoms with Crippen LogP contribution in [0.5, 0.6) is 0 Å². The fourth-order valence-electron chi connectivity index (χ4n) is 2.25. The third-order valence-corrected chi connectivity index (χ3v) is 6.19. The van der Waals surface area contributed by atoms with Gasteiger partial charge in [0.1, 0.15) is 0 Å². The summed E-state index contributed by atoms with van der Waals surface area (Å²) in [6.45, 7) is 1.79. The van der Waals surface area contributed by atoms with Crippen LogP contribution in [0.4, 0.5) is 11.4 Å². The van der Waals surface area contributed by atoms with Crippen molar-refractivity contribution in [3.63, 3.8) is 0 Å². The first-order chi connectivity index (χ1) is 12.3. The summed E-state index contributed by atoms with van der Waals surface area (Å²) in [4.78, 5) is 16.7. The fraction of sp³-hybridized carbons (Fsp3) is 0.176. The van der Waals surface area contributed by atoms with Crippen LogP contribution in [0.3, 0.4) is 0 Å². The van der Waals surface area contributed by atoms with Gasteiger partial charge in [0, 0.05) is 5.69 Å². The summed E-state index contributed by atoms with van der Waals surface area (Å²) < 4.78 is 27.2. The molecule has 0 radical (unpaired) electrons. The highest BCUT2D eigenvalue weighted by Gasteiger charge is 2.10. The van der Waals surface area contributed by atoms with Crippen LogP contribution in [-0.2, 0) is 14.8 Å². The number of nitrogens with one attached hydrogen (secondary N) is 2. The maximum Gasteiger partial charge on any atom is 0.234 e. The molecule has 9 heteroatoms. The first kappa shape index (κ1) is 18.7. The third-order valence-electron chi connectivity index (χ3n) is 3.42. The van der Waals surface area contributed by atoms with Gasteiger partial charge < -0.3 is 5.32 Å². The van der Waals surface area contributed by atoms with Gasteiger partial charge in [-0.3, -0.25) is 9.52 Å². The monoisotopic (exact) mass is 407 g/mol. The van der Waals surface area contributed by atoms with Gasteiger partial charge in [-0.1, -0.05) is 30.0 Å². The van der Waals surface area contributed by atoms with Gasteiger partial charge in [-0.25, -0.2) is 13.4 Å². The molecule has 0 aliphatic carbocycles. The van der Waals surface area contributed by atoms with E-state index >= 15 is 0 Å². The smallest absolute Gasteiger partial charge is 0.234 e. The molecular formula is C17H17N3O3S3. The molecule has 0 spiro atoms. The zero-order valence-electron chi connectivity index (χ0n) is 14.1. The minimum Gasteiger partial charge on any atom is -0.325 e. The number of aromatic nitrogens is 1. The number of fused-ring (bicyclic) bond motifs is 1. The molecule has 3 rings (SSSR count). The minimum atomic E-state index is -3.38. The number of aryl methyl sites for hydroxylation is 1.